The molecule has 2 fully saturated rings. The molecular weight excluding hydrogens is 616 g/mol. The van der Waals surface area contributed by atoms with Crippen molar-refractivity contribution >= 4 is 35.2 Å². The maximum atomic E-state index is 13.5. The van der Waals surface area contributed by atoms with Crippen LogP contribution in [-0.4, -0.2) is 64.0 Å². The van der Waals surface area contributed by atoms with Crippen molar-refractivity contribution in [3.63, 3.8) is 0 Å². The van der Waals surface area contributed by atoms with E-state index in [9.17, 15) is 45.5 Å². The maximum Gasteiger partial charge on any atom is 0.573 e. The number of alkyl halides is 6. The van der Waals surface area contributed by atoms with E-state index >= 15 is 0 Å². The Hall–Kier alpha value is -4.41. The van der Waals surface area contributed by atoms with Gasteiger partial charge in [0.2, 0.25) is 6.23 Å². The number of urea groups is 1. The van der Waals surface area contributed by atoms with Gasteiger partial charge in [0, 0.05) is 25.0 Å². The lowest BCUT2D eigenvalue weighted by atomic mass is 9.95. The summed E-state index contributed by atoms with van der Waals surface area (Å²) in [5.74, 6) is -5.92. The highest BCUT2D eigenvalue weighted by atomic mass is 19.4. The van der Waals surface area contributed by atoms with Crippen LogP contribution in [0, 0.1) is 0 Å². The molecule has 11 nitrogen and oxygen atoms in total. The molecule has 4 amide bonds. The number of anilines is 2. The molecule has 0 radical (unpaired) electrons. The Kier molecular flexibility index (Phi) is 9.60. The van der Waals surface area contributed by atoms with Crippen molar-refractivity contribution in [1.82, 2.24) is 15.2 Å². The van der Waals surface area contributed by atoms with Crippen molar-refractivity contribution < 1.29 is 55.0 Å². The van der Waals surface area contributed by atoms with Crippen LogP contribution in [0.2, 0.25) is 0 Å². The van der Waals surface area contributed by atoms with Crippen molar-refractivity contribution in [2.24, 2.45) is 0 Å². The molecule has 1 unspecified atom stereocenters. The van der Waals surface area contributed by atoms with Crippen LogP contribution in [0.1, 0.15) is 51.5 Å². The largest absolute Gasteiger partial charge is 0.573 e. The second-order valence-corrected chi connectivity index (χ2v) is 10.9. The van der Waals surface area contributed by atoms with Gasteiger partial charge >= 0.3 is 24.5 Å². The topological polar surface area (TPSA) is 130 Å². The fourth-order valence-electron chi connectivity index (χ4n) is 4.99. The molecule has 1 atom stereocenters. The van der Waals surface area contributed by atoms with Gasteiger partial charge in [-0.25, -0.2) is 14.5 Å². The maximum absolute atomic E-state index is 13.5. The van der Waals surface area contributed by atoms with Crippen LogP contribution in [-0.2, 0) is 25.7 Å². The smallest absolute Gasteiger partial charge is 0.430 e. The number of benzene rings is 1. The Labute approximate surface area is 252 Å². The van der Waals surface area contributed by atoms with Crippen molar-refractivity contribution in [2.45, 2.75) is 82.8 Å². The van der Waals surface area contributed by atoms with Gasteiger partial charge in [0.25, 0.3) is 11.8 Å². The Bertz CT molecular complexity index is 1430. The van der Waals surface area contributed by atoms with Gasteiger partial charge in [-0.2, -0.15) is 13.2 Å². The molecule has 45 heavy (non-hydrogen) atoms. The zero-order chi connectivity index (χ0) is 33.2. The minimum Gasteiger partial charge on any atom is -0.430 e. The number of carbonyl (C=O) groups excluding carboxylic acids is 4. The second-order valence-electron chi connectivity index (χ2n) is 10.9. The van der Waals surface area contributed by atoms with E-state index in [0.717, 1.165) is 24.6 Å². The first kappa shape index (κ1) is 33.5. The van der Waals surface area contributed by atoms with Crippen molar-refractivity contribution in [3.05, 3.63) is 48.3 Å². The zero-order valence-corrected chi connectivity index (χ0v) is 24.0. The molecule has 1 aliphatic heterocycles. The van der Waals surface area contributed by atoms with Crippen LogP contribution in [0.5, 0.6) is 5.75 Å². The summed E-state index contributed by atoms with van der Waals surface area (Å²) in [5.41, 5.74) is -1.82. The predicted octanol–water partition coefficient (Wildman–Crippen LogP) is 5.02. The first-order chi connectivity index (χ1) is 21.0. The van der Waals surface area contributed by atoms with E-state index in [0.29, 0.717) is 36.1 Å². The van der Waals surface area contributed by atoms with Gasteiger partial charge in [0.15, 0.2) is 5.75 Å². The Balaban J connectivity index is 1.66. The minimum absolute atomic E-state index is 0.0193. The molecule has 1 aliphatic carbocycles. The van der Waals surface area contributed by atoms with E-state index in [1.54, 1.807) is 12.1 Å². The highest BCUT2D eigenvalue weighted by molar-refractivity contribution is 6.23. The van der Waals surface area contributed by atoms with Crippen molar-refractivity contribution in [2.75, 3.05) is 10.2 Å². The Morgan fingerprint density at radius 2 is 1.67 bits per heavy atom. The number of nitrogens with one attached hydrogen (secondary N) is 2. The molecular formula is C28H29F6N5O6. The van der Waals surface area contributed by atoms with E-state index in [1.165, 1.54) is 31.1 Å². The first-order valence-electron chi connectivity index (χ1n) is 13.8. The number of nitrogens with zero attached hydrogens (tertiary/aromatic N) is 3. The molecule has 244 valence electrons. The quantitative estimate of drug-likeness (QED) is 0.168. The summed E-state index contributed by atoms with van der Waals surface area (Å²) in [6, 6.07) is 4.40. The summed E-state index contributed by atoms with van der Waals surface area (Å²) < 4.78 is 87.1. The van der Waals surface area contributed by atoms with E-state index in [1.807, 2.05) is 5.32 Å². The second kappa shape index (κ2) is 12.9. The molecule has 4 rings (SSSR count). The molecule has 2 aliphatic rings. The Morgan fingerprint density at radius 3 is 2.27 bits per heavy atom. The third-order valence-electron chi connectivity index (χ3n) is 7.31. The van der Waals surface area contributed by atoms with E-state index in [4.69, 9.17) is 0 Å². The highest BCUT2D eigenvalue weighted by Crippen LogP contribution is 2.38. The average molecular weight is 646 g/mol. The number of halogens is 6. The SMILES string of the molecule is CC1(C)C(=O)N(c2ccc(OC(F)(F)F)c(NC(=O)C(NC3CCCCC3)OC(=O)C(F)(F)F)c2)C(=O)N1Cc1ccncc1. The van der Waals surface area contributed by atoms with Gasteiger partial charge in [0.05, 0.1) is 11.4 Å². The summed E-state index contributed by atoms with van der Waals surface area (Å²) in [6.45, 7) is 2.91. The van der Waals surface area contributed by atoms with Gasteiger partial charge in [-0.1, -0.05) is 19.3 Å². The molecule has 1 saturated heterocycles. The van der Waals surface area contributed by atoms with Gasteiger partial charge in [-0.05, 0) is 62.6 Å². The molecule has 2 heterocycles. The van der Waals surface area contributed by atoms with Crippen LogP contribution < -0.4 is 20.3 Å². The lowest BCUT2D eigenvalue weighted by Gasteiger charge is -2.28. The lowest BCUT2D eigenvalue weighted by Crippen LogP contribution is -2.50. The number of imide groups is 1. The number of hydrogen-bond acceptors (Lipinski definition) is 8. The fraction of sp³-hybridized carbons (Fsp3) is 0.464. The minimum atomic E-state index is -5.47. The summed E-state index contributed by atoms with van der Waals surface area (Å²) in [5, 5.41) is 4.53. The third-order valence-corrected chi connectivity index (χ3v) is 7.31. The number of ether oxygens (including phenoxy) is 2. The molecule has 1 aromatic heterocycles. The van der Waals surface area contributed by atoms with Crippen LogP contribution in [0.3, 0.4) is 0 Å². The number of amides is 4. The van der Waals surface area contributed by atoms with Gasteiger partial charge in [-0.15, -0.1) is 13.2 Å². The number of pyridine rings is 1. The molecule has 0 bridgehead atoms. The fourth-order valence-corrected chi connectivity index (χ4v) is 4.99. The standard InChI is InChI=1S/C28H29F6N5O6/c1-26(2)23(41)39(25(43)38(26)15-16-10-12-35-13-11-16)18-8-9-20(45-28(32,33)34)19(14-18)37-21(40)22(44-24(42)27(29,30)31)36-17-6-4-3-5-7-17/h8-14,17,22,36H,3-7,15H2,1-2H3,(H,37,40). The van der Waals surface area contributed by atoms with E-state index in [-0.39, 0.29) is 12.2 Å². The Morgan fingerprint density at radius 1 is 1.02 bits per heavy atom. The molecule has 2 aromatic rings. The average Bonchev–Trinajstić information content (AvgIpc) is 3.12. The monoisotopic (exact) mass is 645 g/mol. The molecule has 0 spiro atoms. The van der Waals surface area contributed by atoms with Crippen molar-refractivity contribution in [1.29, 1.82) is 0 Å². The molecule has 1 aromatic carbocycles. The summed E-state index contributed by atoms with van der Waals surface area (Å²) >= 11 is 0. The molecule has 17 heteroatoms. The number of carbonyl (C=O) groups is 4. The van der Waals surface area contributed by atoms with Gasteiger partial charge in [0.1, 0.15) is 5.54 Å². The number of hydrogen-bond donors (Lipinski definition) is 2. The normalized spacial score (nSPS) is 18.1. The number of esters is 1. The van der Waals surface area contributed by atoms with Crippen LogP contribution in [0.15, 0.2) is 42.7 Å². The highest BCUT2D eigenvalue weighted by Gasteiger charge is 2.52. The summed E-state index contributed by atoms with van der Waals surface area (Å²) in [6.07, 6.45) is -6.95. The lowest BCUT2D eigenvalue weighted by molar-refractivity contribution is -0.274. The number of rotatable bonds is 9. The van der Waals surface area contributed by atoms with Crippen LogP contribution in [0.4, 0.5) is 42.5 Å². The summed E-state index contributed by atoms with van der Waals surface area (Å²) in [7, 11) is 0. The summed E-state index contributed by atoms with van der Waals surface area (Å²) in [4.78, 5) is 57.5. The molecule has 1 saturated carbocycles. The molecule has 2 N–H and O–H groups in total. The zero-order valence-electron chi connectivity index (χ0n) is 24.0. The van der Waals surface area contributed by atoms with Crippen LogP contribution >= 0.6 is 0 Å². The first-order valence-corrected chi connectivity index (χ1v) is 13.8. The number of aromatic nitrogens is 1. The third kappa shape index (κ3) is 8.01. The van der Waals surface area contributed by atoms with E-state index < -0.39 is 65.6 Å². The predicted molar refractivity (Wildman–Crippen MR) is 144 cm³/mol. The van der Waals surface area contributed by atoms with Gasteiger partial charge in [-0.3, -0.25) is 19.9 Å². The van der Waals surface area contributed by atoms with Crippen molar-refractivity contribution in [3.8, 4) is 5.75 Å². The van der Waals surface area contributed by atoms with Crippen LogP contribution in [0.25, 0.3) is 0 Å². The van der Waals surface area contributed by atoms with Gasteiger partial charge < -0.3 is 19.7 Å². The van der Waals surface area contributed by atoms with E-state index in [2.05, 4.69) is 19.8 Å².